The SMILES string of the molecule is CN1C(=O)Cc2cc(C(N)C3(C#N)CCC3)ccc21. The van der Waals surface area contributed by atoms with Gasteiger partial charge in [-0.1, -0.05) is 18.6 Å². The molecule has 4 heteroatoms. The van der Waals surface area contributed by atoms with Gasteiger partial charge in [0.25, 0.3) is 0 Å². The van der Waals surface area contributed by atoms with Crippen LogP contribution in [0.5, 0.6) is 0 Å². The monoisotopic (exact) mass is 255 g/mol. The van der Waals surface area contributed by atoms with E-state index in [4.69, 9.17) is 5.73 Å². The van der Waals surface area contributed by atoms with Gasteiger partial charge in [0.15, 0.2) is 0 Å². The predicted octanol–water partition coefficient (Wildman–Crippen LogP) is 1.90. The molecule has 1 aliphatic carbocycles. The van der Waals surface area contributed by atoms with E-state index in [-0.39, 0.29) is 11.9 Å². The first kappa shape index (κ1) is 12.2. The molecule has 0 spiro atoms. The van der Waals surface area contributed by atoms with Crippen molar-refractivity contribution in [2.24, 2.45) is 11.1 Å². The van der Waals surface area contributed by atoms with Crippen molar-refractivity contribution in [3.05, 3.63) is 29.3 Å². The summed E-state index contributed by atoms with van der Waals surface area (Å²) in [5.74, 6) is 0.111. The molecule has 0 aromatic heterocycles. The van der Waals surface area contributed by atoms with E-state index in [1.54, 1.807) is 11.9 Å². The number of benzene rings is 1. The van der Waals surface area contributed by atoms with E-state index < -0.39 is 5.41 Å². The molecule has 19 heavy (non-hydrogen) atoms. The maximum Gasteiger partial charge on any atom is 0.231 e. The van der Waals surface area contributed by atoms with Crippen LogP contribution >= 0.6 is 0 Å². The summed E-state index contributed by atoms with van der Waals surface area (Å²) in [6.45, 7) is 0. The van der Waals surface area contributed by atoms with Crippen molar-refractivity contribution < 1.29 is 4.79 Å². The third kappa shape index (κ3) is 1.66. The summed E-state index contributed by atoms with van der Waals surface area (Å²) in [7, 11) is 1.79. The number of rotatable bonds is 2. The highest BCUT2D eigenvalue weighted by Gasteiger charge is 2.43. The molecule has 1 fully saturated rings. The van der Waals surface area contributed by atoms with E-state index in [9.17, 15) is 10.1 Å². The highest BCUT2D eigenvalue weighted by molar-refractivity contribution is 6.00. The molecule has 1 amide bonds. The molecule has 2 aliphatic rings. The Balaban J connectivity index is 1.94. The number of nitriles is 1. The van der Waals surface area contributed by atoms with E-state index in [1.165, 1.54) is 0 Å². The van der Waals surface area contributed by atoms with Crippen LogP contribution in [-0.4, -0.2) is 13.0 Å². The van der Waals surface area contributed by atoms with Crippen molar-refractivity contribution in [2.45, 2.75) is 31.7 Å². The molecule has 98 valence electrons. The number of hydrogen-bond acceptors (Lipinski definition) is 3. The zero-order valence-electron chi connectivity index (χ0n) is 11.0. The lowest BCUT2D eigenvalue weighted by atomic mass is 9.63. The van der Waals surface area contributed by atoms with Crippen molar-refractivity contribution >= 4 is 11.6 Å². The molecule has 0 saturated heterocycles. The van der Waals surface area contributed by atoms with Gasteiger partial charge in [-0.2, -0.15) is 5.26 Å². The Bertz CT molecular complexity index is 584. The van der Waals surface area contributed by atoms with Crippen LogP contribution in [0.25, 0.3) is 0 Å². The van der Waals surface area contributed by atoms with Gasteiger partial charge in [0.1, 0.15) is 0 Å². The number of nitrogens with zero attached hydrogens (tertiary/aromatic N) is 2. The molecule has 1 atom stereocenters. The van der Waals surface area contributed by atoms with Crippen LogP contribution in [0.1, 0.15) is 36.4 Å². The largest absolute Gasteiger partial charge is 0.323 e. The Morgan fingerprint density at radius 3 is 2.79 bits per heavy atom. The molecule has 0 bridgehead atoms. The molecule has 1 aromatic carbocycles. The molecule has 1 heterocycles. The average Bonchev–Trinajstić information content (AvgIpc) is 2.64. The molecular weight excluding hydrogens is 238 g/mol. The van der Waals surface area contributed by atoms with E-state index in [0.717, 1.165) is 36.1 Å². The zero-order valence-corrected chi connectivity index (χ0v) is 11.0. The second-order valence-corrected chi connectivity index (χ2v) is 5.62. The first-order valence-electron chi connectivity index (χ1n) is 6.64. The maximum absolute atomic E-state index is 11.7. The average molecular weight is 255 g/mol. The highest BCUT2D eigenvalue weighted by atomic mass is 16.2. The van der Waals surface area contributed by atoms with Crippen LogP contribution in [0.4, 0.5) is 5.69 Å². The lowest BCUT2D eigenvalue weighted by molar-refractivity contribution is -0.117. The molecule has 4 nitrogen and oxygen atoms in total. The van der Waals surface area contributed by atoms with Crippen LogP contribution in [0.2, 0.25) is 0 Å². The minimum absolute atomic E-state index is 0.111. The van der Waals surface area contributed by atoms with Crippen LogP contribution in [-0.2, 0) is 11.2 Å². The van der Waals surface area contributed by atoms with Gasteiger partial charge in [0.2, 0.25) is 5.91 Å². The molecule has 3 rings (SSSR count). The summed E-state index contributed by atoms with van der Waals surface area (Å²) in [5.41, 5.74) is 8.84. The summed E-state index contributed by atoms with van der Waals surface area (Å²) in [4.78, 5) is 13.3. The topological polar surface area (TPSA) is 70.1 Å². The third-order valence-corrected chi connectivity index (χ3v) is 4.60. The van der Waals surface area contributed by atoms with Crippen LogP contribution in [0.15, 0.2) is 18.2 Å². The van der Waals surface area contributed by atoms with Crippen molar-refractivity contribution in [1.29, 1.82) is 5.26 Å². The fraction of sp³-hybridized carbons (Fsp3) is 0.467. The smallest absolute Gasteiger partial charge is 0.231 e. The molecular formula is C15H17N3O. The van der Waals surface area contributed by atoms with E-state index >= 15 is 0 Å². The number of carbonyl (C=O) groups excluding carboxylic acids is 1. The van der Waals surface area contributed by atoms with Gasteiger partial charge in [-0.3, -0.25) is 4.79 Å². The minimum Gasteiger partial charge on any atom is -0.323 e. The van der Waals surface area contributed by atoms with Crippen molar-refractivity contribution in [3.8, 4) is 6.07 Å². The first-order chi connectivity index (χ1) is 9.07. The molecule has 1 aliphatic heterocycles. The number of likely N-dealkylation sites (N-methyl/N-ethyl adjacent to an activating group) is 1. The predicted molar refractivity (Wildman–Crippen MR) is 72.4 cm³/mol. The van der Waals surface area contributed by atoms with Gasteiger partial charge in [0, 0.05) is 18.8 Å². The number of hydrogen-bond donors (Lipinski definition) is 1. The first-order valence-corrected chi connectivity index (χ1v) is 6.64. The second-order valence-electron chi connectivity index (χ2n) is 5.62. The molecule has 0 radical (unpaired) electrons. The third-order valence-electron chi connectivity index (χ3n) is 4.60. The Labute approximate surface area is 112 Å². The normalized spacial score (nSPS) is 21.5. The summed E-state index contributed by atoms with van der Waals surface area (Å²) >= 11 is 0. The second kappa shape index (κ2) is 4.07. The van der Waals surface area contributed by atoms with Crippen molar-refractivity contribution in [2.75, 3.05) is 11.9 Å². The zero-order chi connectivity index (χ0) is 13.6. The Morgan fingerprint density at radius 2 is 2.21 bits per heavy atom. The number of nitrogens with two attached hydrogens (primary N) is 1. The Morgan fingerprint density at radius 1 is 1.47 bits per heavy atom. The molecule has 1 aromatic rings. The minimum atomic E-state index is -0.400. The van der Waals surface area contributed by atoms with Crippen LogP contribution < -0.4 is 10.6 Å². The highest BCUT2D eigenvalue weighted by Crippen LogP contribution is 2.49. The van der Waals surface area contributed by atoms with Crippen molar-refractivity contribution in [1.82, 2.24) is 0 Å². The van der Waals surface area contributed by atoms with E-state index in [1.807, 2.05) is 18.2 Å². The van der Waals surface area contributed by atoms with Gasteiger partial charge in [-0.05, 0) is 30.0 Å². The lowest BCUT2D eigenvalue weighted by Crippen LogP contribution is -2.39. The fourth-order valence-corrected chi connectivity index (χ4v) is 3.05. The lowest BCUT2D eigenvalue weighted by Gasteiger charge is -2.40. The van der Waals surface area contributed by atoms with Gasteiger partial charge >= 0.3 is 0 Å². The fourth-order valence-electron chi connectivity index (χ4n) is 3.05. The molecule has 1 unspecified atom stereocenters. The van der Waals surface area contributed by atoms with E-state index in [0.29, 0.717) is 6.42 Å². The summed E-state index contributed by atoms with van der Waals surface area (Å²) < 4.78 is 0. The van der Waals surface area contributed by atoms with Gasteiger partial charge in [-0.25, -0.2) is 0 Å². The number of carbonyl (C=O) groups is 1. The Hall–Kier alpha value is -1.86. The van der Waals surface area contributed by atoms with Crippen molar-refractivity contribution in [3.63, 3.8) is 0 Å². The molecule has 2 N–H and O–H groups in total. The summed E-state index contributed by atoms with van der Waals surface area (Å²) in [6, 6.07) is 8.04. The van der Waals surface area contributed by atoms with Crippen LogP contribution in [0, 0.1) is 16.7 Å². The van der Waals surface area contributed by atoms with Gasteiger partial charge in [0.05, 0.1) is 17.9 Å². The number of anilines is 1. The van der Waals surface area contributed by atoms with Gasteiger partial charge in [-0.15, -0.1) is 0 Å². The van der Waals surface area contributed by atoms with Crippen LogP contribution in [0.3, 0.4) is 0 Å². The quantitative estimate of drug-likeness (QED) is 0.877. The Kier molecular flexibility index (Phi) is 2.61. The van der Waals surface area contributed by atoms with E-state index in [2.05, 4.69) is 6.07 Å². The number of fused-ring (bicyclic) bond motifs is 1. The summed E-state index contributed by atoms with van der Waals surface area (Å²) in [5, 5.41) is 9.35. The number of amides is 1. The summed E-state index contributed by atoms with van der Waals surface area (Å²) in [6.07, 6.45) is 3.26. The maximum atomic E-state index is 11.7. The standard InChI is InChI=1S/C15H17N3O/c1-18-12-4-3-10(7-11(12)8-13(18)19)14(17)15(9-16)5-2-6-15/h3-4,7,14H,2,5-6,8,17H2,1H3. The van der Waals surface area contributed by atoms with Gasteiger partial charge < -0.3 is 10.6 Å². The molecule has 1 saturated carbocycles.